The van der Waals surface area contributed by atoms with Crippen LogP contribution in [-0.4, -0.2) is 15.7 Å². The molecule has 5 heteroatoms. The van der Waals surface area contributed by atoms with E-state index in [-0.39, 0.29) is 19.0 Å². The summed E-state index contributed by atoms with van der Waals surface area (Å²) in [4.78, 5) is 12.4. The molecule has 29 heavy (non-hydrogen) atoms. The van der Waals surface area contributed by atoms with Crippen molar-refractivity contribution >= 4 is 27.7 Å². The number of ether oxygens (including phenoxy) is 1. The van der Waals surface area contributed by atoms with Crippen molar-refractivity contribution in [2.24, 2.45) is 0 Å². The standard InChI is InChI=1S/C24H18N2O3/c27-23(29-15-17-6-9-20(10-7-17)26-13-3-12-25-26)14-19-16-28-22-11-8-18-4-1-2-5-21(18)24(19)22/h1-13,16H,14-15H2. The van der Waals surface area contributed by atoms with Crippen molar-refractivity contribution in [2.45, 2.75) is 13.0 Å². The van der Waals surface area contributed by atoms with Crippen LogP contribution in [0.2, 0.25) is 0 Å². The maximum absolute atomic E-state index is 12.4. The number of fused-ring (bicyclic) bond motifs is 3. The van der Waals surface area contributed by atoms with Crippen molar-refractivity contribution in [3.05, 3.63) is 96.5 Å². The number of carbonyl (C=O) groups excluding carboxylic acids is 1. The number of hydrogen-bond donors (Lipinski definition) is 0. The van der Waals surface area contributed by atoms with E-state index in [2.05, 4.69) is 11.2 Å². The van der Waals surface area contributed by atoms with Gasteiger partial charge in [-0.1, -0.05) is 42.5 Å². The predicted octanol–water partition coefficient (Wildman–Crippen LogP) is 5.06. The van der Waals surface area contributed by atoms with Crippen molar-refractivity contribution in [1.82, 2.24) is 9.78 Å². The lowest BCUT2D eigenvalue weighted by molar-refractivity contribution is -0.144. The summed E-state index contributed by atoms with van der Waals surface area (Å²) in [5.41, 5.74) is 3.51. The van der Waals surface area contributed by atoms with Gasteiger partial charge in [-0.05, 0) is 40.6 Å². The number of hydrogen-bond acceptors (Lipinski definition) is 4. The highest BCUT2D eigenvalue weighted by Crippen LogP contribution is 2.30. The summed E-state index contributed by atoms with van der Waals surface area (Å²) in [6, 6.07) is 21.7. The van der Waals surface area contributed by atoms with E-state index in [4.69, 9.17) is 9.15 Å². The van der Waals surface area contributed by atoms with E-state index >= 15 is 0 Å². The summed E-state index contributed by atoms with van der Waals surface area (Å²) >= 11 is 0. The van der Waals surface area contributed by atoms with Crippen LogP contribution in [0, 0.1) is 0 Å². The van der Waals surface area contributed by atoms with Crippen molar-refractivity contribution in [3.63, 3.8) is 0 Å². The molecule has 0 fully saturated rings. The molecule has 5 aromatic rings. The van der Waals surface area contributed by atoms with Gasteiger partial charge in [0.2, 0.25) is 0 Å². The Labute approximate surface area is 167 Å². The van der Waals surface area contributed by atoms with Gasteiger partial charge in [0, 0.05) is 23.3 Å². The lowest BCUT2D eigenvalue weighted by atomic mass is 10.0. The zero-order valence-corrected chi connectivity index (χ0v) is 15.6. The second-order valence-corrected chi connectivity index (χ2v) is 6.88. The van der Waals surface area contributed by atoms with Gasteiger partial charge < -0.3 is 9.15 Å². The molecule has 142 valence electrons. The molecule has 3 aromatic carbocycles. The number of rotatable bonds is 5. The van der Waals surface area contributed by atoms with Gasteiger partial charge in [0.25, 0.3) is 0 Å². The van der Waals surface area contributed by atoms with Gasteiger partial charge in [0.15, 0.2) is 0 Å². The van der Waals surface area contributed by atoms with Gasteiger partial charge >= 0.3 is 5.97 Å². The molecule has 2 heterocycles. The molecule has 0 aliphatic carbocycles. The van der Waals surface area contributed by atoms with Crippen molar-refractivity contribution in [3.8, 4) is 5.69 Å². The molecule has 0 saturated heterocycles. The van der Waals surface area contributed by atoms with Crippen LogP contribution < -0.4 is 0 Å². The van der Waals surface area contributed by atoms with Crippen LogP contribution in [0.5, 0.6) is 0 Å². The van der Waals surface area contributed by atoms with Gasteiger partial charge in [0.05, 0.1) is 18.4 Å². The minimum Gasteiger partial charge on any atom is -0.464 e. The zero-order chi connectivity index (χ0) is 19.6. The fourth-order valence-electron chi connectivity index (χ4n) is 3.54. The lowest BCUT2D eigenvalue weighted by Crippen LogP contribution is -2.08. The number of benzene rings is 3. The van der Waals surface area contributed by atoms with Gasteiger partial charge in [-0.15, -0.1) is 0 Å². The van der Waals surface area contributed by atoms with E-state index < -0.39 is 0 Å². The molecule has 0 N–H and O–H groups in total. The second-order valence-electron chi connectivity index (χ2n) is 6.88. The highest BCUT2D eigenvalue weighted by Gasteiger charge is 2.14. The minimum absolute atomic E-state index is 0.173. The average molecular weight is 382 g/mol. The fourth-order valence-corrected chi connectivity index (χ4v) is 3.54. The number of carbonyl (C=O) groups is 1. The third-order valence-corrected chi connectivity index (χ3v) is 4.98. The lowest BCUT2D eigenvalue weighted by Gasteiger charge is -2.07. The second kappa shape index (κ2) is 7.28. The maximum atomic E-state index is 12.4. The van der Waals surface area contributed by atoms with Gasteiger partial charge in [-0.25, -0.2) is 4.68 Å². The monoisotopic (exact) mass is 382 g/mol. The molecule has 5 rings (SSSR count). The Morgan fingerprint density at radius 1 is 1.00 bits per heavy atom. The molecule has 0 radical (unpaired) electrons. The summed E-state index contributed by atoms with van der Waals surface area (Å²) in [5.74, 6) is -0.281. The van der Waals surface area contributed by atoms with Crippen LogP contribution in [0.15, 0.2) is 89.8 Å². The molecule has 0 saturated carbocycles. The first-order valence-electron chi connectivity index (χ1n) is 9.40. The predicted molar refractivity (Wildman–Crippen MR) is 111 cm³/mol. The molecule has 5 nitrogen and oxygen atoms in total. The number of furan rings is 1. The molecular formula is C24H18N2O3. The number of aromatic nitrogens is 2. The molecule has 0 amide bonds. The number of esters is 1. The molecule has 0 aliphatic rings. The van der Waals surface area contributed by atoms with Crippen LogP contribution in [0.1, 0.15) is 11.1 Å². The van der Waals surface area contributed by atoms with Crippen molar-refractivity contribution in [1.29, 1.82) is 0 Å². The van der Waals surface area contributed by atoms with Crippen LogP contribution in [0.25, 0.3) is 27.4 Å². The van der Waals surface area contributed by atoms with Crippen molar-refractivity contribution in [2.75, 3.05) is 0 Å². The van der Waals surface area contributed by atoms with E-state index in [1.807, 2.05) is 66.9 Å². The summed E-state index contributed by atoms with van der Waals surface area (Å²) < 4.78 is 12.9. The van der Waals surface area contributed by atoms with Crippen LogP contribution >= 0.6 is 0 Å². The topological polar surface area (TPSA) is 57.3 Å². The summed E-state index contributed by atoms with van der Waals surface area (Å²) in [7, 11) is 0. The fraction of sp³-hybridized carbons (Fsp3) is 0.0833. The van der Waals surface area contributed by atoms with Gasteiger partial charge in [0.1, 0.15) is 12.2 Å². The highest BCUT2D eigenvalue weighted by atomic mass is 16.5. The van der Waals surface area contributed by atoms with E-state index in [0.717, 1.165) is 38.6 Å². The van der Waals surface area contributed by atoms with Crippen molar-refractivity contribution < 1.29 is 13.9 Å². The molecule has 0 bridgehead atoms. The third kappa shape index (κ3) is 3.38. The normalized spacial score (nSPS) is 11.2. The van der Waals surface area contributed by atoms with E-state index in [1.54, 1.807) is 17.1 Å². The first-order chi connectivity index (χ1) is 14.3. The van der Waals surface area contributed by atoms with Crippen LogP contribution in [-0.2, 0) is 22.6 Å². The van der Waals surface area contributed by atoms with E-state index in [9.17, 15) is 4.79 Å². The Morgan fingerprint density at radius 3 is 2.69 bits per heavy atom. The molecule has 0 spiro atoms. The largest absolute Gasteiger partial charge is 0.464 e. The van der Waals surface area contributed by atoms with Crippen LogP contribution in [0.4, 0.5) is 0 Å². The Kier molecular flexibility index (Phi) is 4.33. The zero-order valence-electron chi connectivity index (χ0n) is 15.6. The molecule has 0 unspecified atom stereocenters. The van der Waals surface area contributed by atoms with E-state index in [0.29, 0.717) is 0 Å². The summed E-state index contributed by atoms with van der Waals surface area (Å²) in [5, 5.41) is 7.37. The van der Waals surface area contributed by atoms with Gasteiger partial charge in [-0.2, -0.15) is 5.10 Å². The minimum atomic E-state index is -0.281. The quantitative estimate of drug-likeness (QED) is 0.399. The number of nitrogens with zero attached hydrogens (tertiary/aromatic N) is 2. The van der Waals surface area contributed by atoms with Crippen LogP contribution in [0.3, 0.4) is 0 Å². The Balaban J connectivity index is 1.29. The SMILES string of the molecule is O=C(Cc1coc2ccc3ccccc3c12)OCc1ccc(-n2cccn2)cc1. The van der Waals surface area contributed by atoms with E-state index in [1.165, 1.54) is 0 Å². The molecule has 0 atom stereocenters. The average Bonchev–Trinajstić information content (AvgIpc) is 3.43. The summed E-state index contributed by atoms with van der Waals surface area (Å²) in [6.07, 6.45) is 5.44. The highest BCUT2D eigenvalue weighted by molar-refractivity contribution is 6.08. The Bertz CT molecular complexity index is 1290. The third-order valence-electron chi connectivity index (χ3n) is 4.98. The Morgan fingerprint density at radius 2 is 1.86 bits per heavy atom. The molecular weight excluding hydrogens is 364 g/mol. The van der Waals surface area contributed by atoms with Gasteiger partial charge in [-0.3, -0.25) is 4.79 Å². The molecule has 2 aromatic heterocycles. The first kappa shape index (κ1) is 17.3. The summed E-state index contributed by atoms with van der Waals surface area (Å²) in [6.45, 7) is 0.231. The maximum Gasteiger partial charge on any atom is 0.310 e. The molecule has 0 aliphatic heterocycles. The Hall–Kier alpha value is -3.86. The first-order valence-corrected chi connectivity index (χ1v) is 9.40. The smallest absolute Gasteiger partial charge is 0.310 e.